The molecule has 442 valence electrons. The van der Waals surface area contributed by atoms with Crippen molar-refractivity contribution < 1.29 is 24.2 Å². The molecular formula is C73H120O5. The number of unbranched alkanes of at least 4 members (excludes halogenated alkanes) is 26. The zero-order chi connectivity index (χ0) is 56.2. The van der Waals surface area contributed by atoms with Crippen molar-refractivity contribution in [2.75, 3.05) is 13.2 Å². The maximum absolute atomic E-state index is 12.3. The van der Waals surface area contributed by atoms with E-state index in [1.807, 2.05) is 0 Å². The number of esters is 2. The minimum atomic E-state index is -0.788. The molecule has 0 aliphatic heterocycles. The quantitative estimate of drug-likeness (QED) is 0.0373. The molecule has 0 aromatic heterocycles. The molecule has 0 saturated heterocycles. The van der Waals surface area contributed by atoms with Gasteiger partial charge in [0, 0.05) is 12.8 Å². The van der Waals surface area contributed by atoms with Crippen LogP contribution in [0.4, 0.5) is 0 Å². The molecule has 5 heteroatoms. The van der Waals surface area contributed by atoms with Gasteiger partial charge in [-0.1, -0.05) is 295 Å². The van der Waals surface area contributed by atoms with Crippen molar-refractivity contribution in [2.24, 2.45) is 0 Å². The molecule has 0 heterocycles. The van der Waals surface area contributed by atoms with Crippen LogP contribution in [0.15, 0.2) is 146 Å². The van der Waals surface area contributed by atoms with Crippen LogP contribution in [0, 0.1) is 0 Å². The van der Waals surface area contributed by atoms with Crippen LogP contribution in [0.2, 0.25) is 0 Å². The van der Waals surface area contributed by atoms with Gasteiger partial charge in [0.25, 0.3) is 0 Å². The fraction of sp³-hybridized carbons (Fsp3) is 0.644. The van der Waals surface area contributed by atoms with Gasteiger partial charge in [0.15, 0.2) is 6.10 Å². The van der Waals surface area contributed by atoms with E-state index in [0.717, 1.165) is 116 Å². The lowest BCUT2D eigenvalue weighted by molar-refractivity contribution is -0.161. The van der Waals surface area contributed by atoms with E-state index in [1.54, 1.807) is 0 Å². The van der Waals surface area contributed by atoms with Crippen LogP contribution in [0.5, 0.6) is 0 Å². The molecule has 0 aromatic carbocycles. The molecule has 1 unspecified atom stereocenters. The van der Waals surface area contributed by atoms with Crippen LogP contribution < -0.4 is 0 Å². The van der Waals surface area contributed by atoms with Crippen LogP contribution in [0.3, 0.4) is 0 Å². The first kappa shape index (κ1) is 73.8. The fourth-order valence-electron chi connectivity index (χ4n) is 8.79. The lowest BCUT2D eigenvalue weighted by atomic mass is 10.0. The summed E-state index contributed by atoms with van der Waals surface area (Å²) in [4.78, 5) is 24.6. The van der Waals surface area contributed by atoms with Crippen molar-refractivity contribution in [3.63, 3.8) is 0 Å². The smallest absolute Gasteiger partial charge is 0.306 e. The summed E-state index contributed by atoms with van der Waals surface area (Å²) >= 11 is 0. The molecule has 0 spiro atoms. The molecule has 1 N–H and O–H groups in total. The third-order valence-electron chi connectivity index (χ3n) is 13.6. The largest absolute Gasteiger partial charge is 0.462 e. The Hall–Kier alpha value is -4.22. The summed E-state index contributed by atoms with van der Waals surface area (Å²) in [6, 6.07) is 0. The minimum Gasteiger partial charge on any atom is -0.462 e. The molecule has 0 rings (SSSR count). The maximum Gasteiger partial charge on any atom is 0.306 e. The first-order valence-electron chi connectivity index (χ1n) is 32.4. The number of aliphatic hydroxyl groups excluding tert-OH is 1. The van der Waals surface area contributed by atoms with Crippen molar-refractivity contribution >= 4 is 11.9 Å². The van der Waals surface area contributed by atoms with Crippen LogP contribution in [-0.2, 0) is 19.1 Å². The van der Waals surface area contributed by atoms with Gasteiger partial charge in [0.2, 0.25) is 0 Å². The third kappa shape index (κ3) is 64.3. The van der Waals surface area contributed by atoms with Gasteiger partial charge in [-0.05, 0) is 122 Å². The number of ether oxygens (including phenoxy) is 2. The molecule has 0 amide bonds. The average Bonchev–Trinajstić information content (AvgIpc) is 3.44. The summed E-state index contributed by atoms with van der Waals surface area (Å²) in [6.07, 6.45) is 101. The topological polar surface area (TPSA) is 72.8 Å². The second-order valence-electron chi connectivity index (χ2n) is 21.1. The summed E-state index contributed by atoms with van der Waals surface area (Å²) < 4.78 is 10.7. The number of allylic oxidation sites excluding steroid dienone is 24. The zero-order valence-electron chi connectivity index (χ0n) is 50.6. The third-order valence-corrected chi connectivity index (χ3v) is 13.6. The number of carbonyl (C=O) groups excluding carboxylic acids is 2. The predicted octanol–water partition coefficient (Wildman–Crippen LogP) is 22.5. The van der Waals surface area contributed by atoms with Gasteiger partial charge in [-0.2, -0.15) is 0 Å². The molecule has 0 fully saturated rings. The van der Waals surface area contributed by atoms with E-state index in [9.17, 15) is 14.7 Å². The molecular weight excluding hydrogens is 957 g/mol. The summed E-state index contributed by atoms with van der Waals surface area (Å²) in [5.74, 6) is -0.603. The van der Waals surface area contributed by atoms with Gasteiger partial charge in [0.05, 0.1) is 6.61 Å². The highest BCUT2D eigenvalue weighted by Crippen LogP contribution is 2.16. The Kier molecular flexibility index (Phi) is 63.4. The van der Waals surface area contributed by atoms with Crippen LogP contribution in [0.25, 0.3) is 0 Å². The molecule has 0 saturated carbocycles. The van der Waals surface area contributed by atoms with Crippen molar-refractivity contribution in [1.82, 2.24) is 0 Å². The van der Waals surface area contributed by atoms with E-state index in [4.69, 9.17) is 9.47 Å². The SMILES string of the molecule is CC/C=C\C/C=C\C/C=C\C/C=C\C/C=C\C/C=C\C/C=C\C/C=C\C/C=C\C/C=C\CCCCCCCCCCC(=O)OC(CO)COC(=O)CCCCCCCCCCCCCCC/C=C\C/C=C\CCCCCCC. The van der Waals surface area contributed by atoms with Gasteiger partial charge < -0.3 is 14.6 Å². The summed E-state index contributed by atoms with van der Waals surface area (Å²) in [6.45, 7) is 4.02. The number of rotatable bonds is 58. The summed E-state index contributed by atoms with van der Waals surface area (Å²) in [5, 5.41) is 9.68. The molecule has 0 aliphatic rings. The molecule has 0 aromatic rings. The Morgan fingerprint density at radius 3 is 0.833 bits per heavy atom. The fourth-order valence-corrected chi connectivity index (χ4v) is 8.79. The lowest BCUT2D eigenvalue weighted by Gasteiger charge is -2.15. The van der Waals surface area contributed by atoms with Crippen molar-refractivity contribution in [3.05, 3.63) is 146 Å². The van der Waals surface area contributed by atoms with Crippen molar-refractivity contribution in [3.8, 4) is 0 Å². The number of hydrogen-bond acceptors (Lipinski definition) is 5. The number of hydrogen-bond donors (Lipinski definition) is 1. The second kappa shape index (κ2) is 67.1. The highest BCUT2D eigenvalue weighted by molar-refractivity contribution is 5.70. The standard InChI is InChI=1S/C73H120O5/c1-3-5-7-9-11-13-15-17-19-21-23-25-27-29-30-31-32-33-34-35-36-37-38-39-40-41-42-44-46-48-50-52-54-56-58-60-62-64-66-68-73(76)78-71(69-74)70-77-72(75)67-65-63-61-59-57-55-53-51-49-47-45-43-28-26-24-22-20-18-16-14-12-10-8-6-4-2/h5,7,11,13,16-19,22-25,29-30,32-33,35-36,38-39,41-42,46,48,71,74H,3-4,6,8-10,12,14-15,20-21,26-28,31,34,37,40,43-45,47,49-70H2,1-2H3/b7-5-,13-11-,18-16-,19-17-,24-22-,25-23-,30-29-,33-32-,36-35-,39-38-,42-41-,48-46-. The Balaban J connectivity index is 3.58. The molecule has 78 heavy (non-hydrogen) atoms. The molecule has 1 atom stereocenters. The molecule has 5 nitrogen and oxygen atoms in total. The van der Waals surface area contributed by atoms with Gasteiger partial charge in [0.1, 0.15) is 6.61 Å². The summed E-state index contributed by atoms with van der Waals surface area (Å²) in [7, 11) is 0. The summed E-state index contributed by atoms with van der Waals surface area (Å²) in [5.41, 5.74) is 0. The van der Waals surface area contributed by atoms with Crippen LogP contribution in [-0.4, -0.2) is 36.4 Å². The Labute approximate surface area is 482 Å². The van der Waals surface area contributed by atoms with E-state index in [1.165, 1.54) is 141 Å². The van der Waals surface area contributed by atoms with Gasteiger partial charge in [-0.15, -0.1) is 0 Å². The highest BCUT2D eigenvalue weighted by Gasteiger charge is 2.16. The number of carbonyl (C=O) groups is 2. The highest BCUT2D eigenvalue weighted by atomic mass is 16.6. The zero-order valence-corrected chi connectivity index (χ0v) is 50.6. The van der Waals surface area contributed by atoms with Crippen molar-refractivity contribution in [1.29, 1.82) is 0 Å². The molecule has 0 radical (unpaired) electrons. The van der Waals surface area contributed by atoms with Gasteiger partial charge in [-0.3, -0.25) is 9.59 Å². The van der Waals surface area contributed by atoms with E-state index in [-0.39, 0.29) is 25.2 Å². The maximum atomic E-state index is 12.3. The second-order valence-corrected chi connectivity index (χ2v) is 21.1. The van der Waals surface area contributed by atoms with E-state index in [2.05, 4.69) is 160 Å². The van der Waals surface area contributed by atoms with Crippen molar-refractivity contribution in [2.45, 2.75) is 290 Å². The molecule has 0 bridgehead atoms. The van der Waals surface area contributed by atoms with Gasteiger partial charge >= 0.3 is 11.9 Å². The molecule has 0 aliphatic carbocycles. The number of aliphatic hydroxyl groups is 1. The Morgan fingerprint density at radius 2 is 0.551 bits per heavy atom. The lowest BCUT2D eigenvalue weighted by Crippen LogP contribution is -2.28. The first-order valence-corrected chi connectivity index (χ1v) is 32.4. The van der Waals surface area contributed by atoms with E-state index in [0.29, 0.717) is 12.8 Å². The van der Waals surface area contributed by atoms with Crippen LogP contribution in [0.1, 0.15) is 284 Å². The van der Waals surface area contributed by atoms with Gasteiger partial charge in [-0.25, -0.2) is 0 Å². The average molecular weight is 1080 g/mol. The Bertz CT molecular complexity index is 1650. The van der Waals surface area contributed by atoms with E-state index >= 15 is 0 Å². The van der Waals surface area contributed by atoms with Crippen LogP contribution >= 0.6 is 0 Å². The predicted molar refractivity (Wildman–Crippen MR) is 343 cm³/mol. The van der Waals surface area contributed by atoms with E-state index < -0.39 is 6.10 Å². The first-order chi connectivity index (χ1) is 38.6. The Morgan fingerprint density at radius 1 is 0.308 bits per heavy atom. The monoisotopic (exact) mass is 1080 g/mol. The normalized spacial score (nSPS) is 13.2. The minimum absolute atomic E-state index is 0.0761.